The fourth-order valence-corrected chi connectivity index (χ4v) is 2.45. The topological polar surface area (TPSA) is 0 Å². The highest BCUT2D eigenvalue weighted by Gasteiger charge is 2.19. The highest BCUT2D eigenvalue weighted by Crippen LogP contribution is 2.35. The van der Waals surface area contributed by atoms with Gasteiger partial charge in [-0.2, -0.15) is 0 Å². The molecular formula is C14H23Cl. The molecule has 2 rings (SSSR count). The Balaban J connectivity index is 0.00000112. The third kappa shape index (κ3) is 3.24. The second-order valence-electron chi connectivity index (χ2n) is 4.51. The van der Waals surface area contributed by atoms with Gasteiger partial charge in [-0.15, -0.1) is 0 Å². The molecule has 86 valence electrons. The van der Waals surface area contributed by atoms with Crippen molar-refractivity contribution in [2.75, 3.05) is 0 Å². The molecule has 0 spiro atoms. The van der Waals surface area contributed by atoms with Gasteiger partial charge in [0.1, 0.15) is 0 Å². The molecule has 1 saturated carbocycles. The monoisotopic (exact) mass is 226 g/mol. The molecule has 0 atom stereocenters. The largest absolute Gasteiger partial charge is 0.0843 e. The van der Waals surface area contributed by atoms with Crippen LogP contribution in [0.25, 0.3) is 0 Å². The van der Waals surface area contributed by atoms with Crippen LogP contribution >= 0.6 is 11.6 Å². The van der Waals surface area contributed by atoms with E-state index < -0.39 is 0 Å². The van der Waals surface area contributed by atoms with Gasteiger partial charge in [0.05, 0.1) is 0 Å². The van der Waals surface area contributed by atoms with E-state index in [4.69, 9.17) is 11.6 Å². The van der Waals surface area contributed by atoms with Gasteiger partial charge in [-0.25, -0.2) is 0 Å². The quantitative estimate of drug-likeness (QED) is 0.592. The molecule has 0 saturated heterocycles. The van der Waals surface area contributed by atoms with Crippen molar-refractivity contribution in [3.05, 3.63) is 34.9 Å². The number of halogens is 1. The maximum absolute atomic E-state index is 5.87. The third-order valence-corrected chi connectivity index (χ3v) is 3.61. The van der Waals surface area contributed by atoms with Crippen molar-refractivity contribution in [1.82, 2.24) is 0 Å². The van der Waals surface area contributed by atoms with E-state index >= 15 is 0 Å². The van der Waals surface area contributed by atoms with E-state index in [1.165, 1.54) is 31.2 Å². The summed E-state index contributed by atoms with van der Waals surface area (Å²) in [5.74, 6) is 1.71. The normalized spacial score (nSPS) is 25.7. The first-order chi connectivity index (χ1) is 6.75. The van der Waals surface area contributed by atoms with Gasteiger partial charge in [0.25, 0.3) is 0 Å². The number of hydrogen-bond acceptors (Lipinski definition) is 0. The van der Waals surface area contributed by atoms with Crippen LogP contribution < -0.4 is 0 Å². The molecule has 0 N–H and O–H groups in total. The first kappa shape index (κ1) is 12.6. The lowest BCUT2D eigenvalue weighted by atomic mass is 9.79. The second-order valence-corrected chi connectivity index (χ2v) is 4.94. The van der Waals surface area contributed by atoms with Crippen LogP contribution in [0.3, 0.4) is 0 Å². The lowest BCUT2D eigenvalue weighted by molar-refractivity contribution is 0.348. The predicted octanol–water partition coefficient (Wildman–Crippen LogP) is 5.52. The summed E-state index contributed by atoms with van der Waals surface area (Å²) < 4.78 is 0. The van der Waals surface area contributed by atoms with E-state index in [2.05, 4.69) is 19.1 Å². The molecule has 0 bridgehead atoms. The number of rotatable bonds is 1. The Morgan fingerprint density at radius 3 is 2.13 bits per heavy atom. The molecule has 0 radical (unpaired) electrons. The van der Waals surface area contributed by atoms with Crippen LogP contribution in [0.2, 0.25) is 5.02 Å². The van der Waals surface area contributed by atoms with E-state index in [1.54, 1.807) is 0 Å². The van der Waals surface area contributed by atoms with Gasteiger partial charge in [-0.3, -0.25) is 0 Å². The van der Waals surface area contributed by atoms with Gasteiger partial charge in [0.15, 0.2) is 0 Å². The Morgan fingerprint density at radius 2 is 1.60 bits per heavy atom. The van der Waals surface area contributed by atoms with Crippen molar-refractivity contribution >= 4 is 11.6 Å². The first-order valence-electron chi connectivity index (χ1n) is 5.51. The fraction of sp³-hybridized carbons (Fsp3) is 0.571. The molecule has 1 aliphatic rings. The summed E-state index contributed by atoms with van der Waals surface area (Å²) in [6.07, 6.45) is 5.46. The van der Waals surface area contributed by atoms with Crippen molar-refractivity contribution in [2.45, 2.75) is 46.0 Å². The summed E-state index contributed by atoms with van der Waals surface area (Å²) in [6, 6.07) is 8.38. The maximum atomic E-state index is 5.87. The van der Waals surface area contributed by atoms with Crippen LogP contribution in [-0.4, -0.2) is 0 Å². The molecule has 15 heavy (non-hydrogen) atoms. The maximum Gasteiger partial charge on any atom is 0.0406 e. The molecular weight excluding hydrogens is 204 g/mol. The van der Waals surface area contributed by atoms with Crippen LogP contribution in [0, 0.1) is 5.92 Å². The van der Waals surface area contributed by atoms with Crippen molar-refractivity contribution in [1.29, 1.82) is 0 Å². The lowest BCUT2D eigenvalue weighted by Crippen LogP contribution is -2.10. The molecule has 1 aliphatic carbocycles. The molecule has 1 aromatic carbocycles. The van der Waals surface area contributed by atoms with E-state index in [-0.39, 0.29) is 8.85 Å². The molecule has 1 heteroatoms. The van der Waals surface area contributed by atoms with Crippen molar-refractivity contribution in [3.63, 3.8) is 0 Å². The van der Waals surface area contributed by atoms with Crippen molar-refractivity contribution in [2.24, 2.45) is 5.92 Å². The van der Waals surface area contributed by atoms with E-state index in [1.807, 2.05) is 12.1 Å². The van der Waals surface area contributed by atoms with E-state index in [9.17, 15) is 0 Å². The zero-order chi connectivity index (χ0) is 9.97. The Labute approximate surface area is 100 Å². The summed E-state index contributed by atoms with van der Waals surface area (Å²) in [4.78, 5) is 0. The zero-order valence-corrected chi connectivity index (χ0v) is 9.43. The Morgan fingerprint density at radius 1 is 1.07 bits per heavy atom. The van der Waals surface area contributed by atoms with Crippen LogP contribution in [-0.2, 0) is 0 Å². The highest BCUT2D eigenvalue weighted by atomic mass is 35.5. The van der Waals surface area contributed by atoms with Crippen LogP contribution in [0.15, 0.2) is 24.3 Å². The predicted molar refractivity (Wildman–Crippen MR) is 70.7 cm³/mol. The summed E-state index contributed by atoms with van der Waals surface area (Å²) in [7, 11) is 0. The average Bonchev–Trinajstić information content (AvgIpc) is 2.21. The summed E-state index contributed by atoms with van der Waals surface area (Å²) in [5, 5.41) is 0.845. The van der Waals surface area contributed by atoms with Gasteiger partial charge in [-0.1, -0.05) is 50.9 Å². The molecule has 0 nitrogen and oxygen atoms in total. The standard InChI is InChI=1S/C13H17Cl.CH4.H2/c1-10-2-4-11(5-3-10)12-6-8-13(14)9-7-12;;/h6-11H,2-5H2,1H3;1H4;1H. The summed E-state index contributed by atoms with van der Waals surface area (Å²) >= 11 is 5.87. The van der Waals surface area contributed by atoms with Crippen molar-refractivity contribution < 1.29 is 1.43 Å². The zero-order valence-electron chi connectivity index (χ0n) is 8.67. The summed E-state index contributed by atoms with van der Waals surface area (Å²) in [5.41, 5.74) is 1.47. The SMILES string of the molecule is C.CC1CCC(c2ccc(Cl)cc2)CC1.[HH]. The van der Waals surface area contributed by atoms with Gasteiger partial charge in [0.2, 0.25) is 0 Å². The summed E-state index contributed by atoms with van der Waals surface area (Å²) in [6.45, 7) is 2.36. The minimum absolute atomic E-state index is 0. The van der Waals surface area contributed by atoms with E-state index in [0.717, 1.165) is 16.9 Å². The van der Waals surface area contributed by atoms with Gasteiger partial charge in [0, 0.05) is 6.45 Å². The molecule has 1 fully saturated rings. The van der Waals surface area contributed by atoms with Crippen LogP contribution in [0.5, 0.6) is 0 Å². The average molecular weight is 227 g/mol. The number of benzene rings is 1. The van der Waals surface area contributed by atoms with Crippen molar-refractivity contribution in [3.8, 4) is 0 Å². The Hall–Kier alpha value is -0.490. The molecule has 0 aromatic heterocycles. The Bertz CT molecular complexity index is 286. The fourth-order valence-electron chi connectivity index (χ4n) is 2.33. The second kappa shape index (κ2) is 5.55. The molecule has 0 unspecified atom stereocenters. The number of hydrogen-bond donors (Lipinski definition) is 0. The first-order valence-corrected chi connectivity index (χ1v) is 5.89. The Kier molecular flexibility index (Phi) is 4.66. The molecule has 1 aromatic rings. The molecule has 0 heterocycles. The third-order valence-electron chi connectivity index (χ3n) is 3.36. The lowest BCUT2D eigenvalue weighted by Gasteiger charge is -2.26. The minimum Gasteiger partial charge on any atom is -0.0843 e. The van der Waals surface area contributed by atoms with E-state index in [0.29, 0.717) is 0 Å². The van der Waals surface area contributed by atoms with Crippen LogP contribution in [0.4, 0.5) is 0 Å². The van der Waals surface area contributed by atoms with Gasteiger partial charge in [-0.05, 0) is 42.4 Å². The van der Waals surface area contributed by atoms with Gasteiger partial charge >= 0.3 is 0 Å². The van der Waals surface area contributed by atoms with Gasteiger partial charge < -0.3 is 0 Å². The molecule has 0 aliphatic heterocycles. The van der Waals surface area contributed by atoms with Crippen LogP contribution in [0.1, 0.15) is 52.9 Å². The smallest absolute Gasteiger partial charge is 0.0406 e. The highest BCUT2D eigenvalue weighted by molar-refractivity contribution is 6.30. The molecule has 0 amide bonds. The minimum atomic E-state index is 0.